The van der Waals surface area contributed by atoms with Gasteiger partial charge in [-0.1, -0.05) is 0 Å². The lowest BCUT2D eigenvalue weighted by Gasteiger charge is -2.02. The SMILES string of the molecule is [O]CC1=NSC=CN1. The second-order valence-electron chi connectivity index (χ2n) is 1.23. The van der Waals surface area contributed by atoms with Gasteiger partial charge in [0.1, 0.15) is 12.4 Å². The molecule has 0 aliphatic carbocycles. The van der Waals surface area contributed by atoms with Crippen LogP contribution in [0.3, 0.4) is 0 Å². The Bertz CT molecular complexity index is 132. The van der Waals surface area contributed by atoms with Crippen molar-refractivity contribution in [2.45, 2.75) is 0 Å². The molecule has 4 heteroatoms. The summed E-state index contributed by atoms with van der Waals surface area (Å²) in [4.78, 5) is 0. The van der Waals surface area contributed by atoms with Gasteiger partial charge in [0.05, 0.1) is 0 Å². The van der Waals surface area contributed by atoms with Gasteiger partial charge in [0.2, 0.25) is 0 Å². The molecule has 1 heterocycles. The van der Waals surface area contributed by atoms with Crippen LogP contribution in [0.25, 0.3) is 0 Å². The fourth-order valence-corrected chi connectivity index (χ4v) is 0.771. The molecule has 43 valence electrons. The Morgan fingerprint density at radius 1 is 1.88 bits per heavy atom. The van der Waals surface area contributed by atoms with Crippen LogP contribution in [0, 0.1) is 0 Å². The average Bonchev–Trinajstić information content (AvgIpc) is 1.90. The third-order valence-electron chi connectivity index (χ3n) is 0.678. The zero-order valence-electron chi connectivity index (χ0n) is 4.13. The summed E-state index contributed by atoms with van der Waals surface area (Å²) in [5, 5.41) is 14.5. The Morgan fingerprint density at radius 3 is 3.12 bits per heavy atom. The maximum Gasteiger partial charge on any atom is 0.144 e. The molecule has 1 N–H and O–H groups in total. The molecular formula is C4H5N2OS. The second kappa shape index (κ2) is 2.74. The number of hydrogen-bond donors (Lipinski definition) is 1. The van der Waals surface area contributed by atoms with Crippen molar-refractivity contribution in [3.8, 4) is 0 Å². The molecular weight excluding hydrogens is 124 g/mol. The van der Waals surface area contributed by atoms with E-state index in [0.717, 1.165) is 0 Å². The van der Waals surface area contributed by atoms with Crippen molar-refractivity contribution in [2.75, 3.05) is 6.61 Å². The Kier molecular flexibility index (Phi) is 1.93. The molecule has 0 amide bonds. The Morgan fingerprint density at radius 2 is 2.75 bits per heavy atom. The lowest BCUT2D eigenvalue weighted by Crippen LogP contribution is -2.21. The highest BCUT2D eigenvalue weighted by atomic mass is 32.2. The summed E-state index contributed by atoms with van der Waals surface area (Å²) in [6, 6.07) is 0. The van der Waals surface area contributed by atoms with Gasteiger partial charge in [-0.3, -0.25) is 0 Å². The van der Waals surface area contributed by atoms with E-state index < -0.39 is 0 Å². The molecule has 0 saturated heterocycles. The number of amidine groups is 1. The highest BCUT2D eigenvalue weighted by molar-refractivity contribution is 8.01. The van der Waals surface area contributed by atoms with Crippen molar-refractivity contribution in [2.24, 2.45) is 4.40 Å². The average molecular weight is 129 g/mol. The van der Waals surface area contributed by atoms with Crippen LogP contribution in [0.2, 0.25) is 0 Å². The summed E-state index contributed by atoms with van der Waals surface area (Å²) in [7, 11) is 0. The van der Waals surface area contributed by atoms with Crippen LogP contribution in [-0.2, 0) is 5.11 Å². The zero-order chi connectivity index (χ0) is 5.82. The van der Waals surface area contributed by atoms with E-state index in [4.69, 9.17) is 0 Å². The van der Waals surface area contributed by atoms with Gasteiger partial charge in [0, 0.05) is 23.6 Å². The van der Waals surface area contributed by atoms with Crippen molar-refractivity contribution in [1.29, 1.82) is 0 Å². The molecule has 1 aliphatic rings. The molecule has 0 unspecified atom stereocenters. The minimum Gasteiger partial charge on any atom is -0.347 e. The maximum atomic E-state index is 10.0. The van der Waals surface area contributed by atoms with Gasteiger partial charge in [0.15, 0.2) is 0 Å². The minimum absolute atomic E-state index is 0.267. The van der Waals surface area contributed by atoms with Crippen LogP contribution in [0.4, 0.5) is 0 Å². The molecule has 0 atom stereocenters. The van der Waals surface area contributed by atoms with Crippen molar-refractivity contribution in [3.05, 3.63) is 11.6 Å². The molecule has 0 saturated carbocycles. The normalized spacial score (nSPS) is 17.4. The molecule has 3 nitrogen and oxygen atoms in total. The summed E-state index contributed by atoms with van der Waals surface area (Å²) in [5.74, 6) is 0.498. The first-order valence-corrected chi connectivity index (χ1v) is 2.99. The molecule has 0 aromatic heterocycles. The number of hydrogen-bond acceptors (Lipinski definition) is 3. The molecule has 1 rings (SSSR count). The predicted molar refractivity (Wildman–Crippen MR) is 32.9 cm³/mol. The third kappa shape index (κ3) is 1.24. The number of rotatable bonds is 1. The van der Waals surface area contributed by atoms with E-state index in [2.05, 4.69) is 9.71 Å². The van der Waals surface area contributed by atoms with E-state index >= 15 is 0 Å². The Labute approximate surface area is 51.6 Å². The molecule has 0 spiro atoms. The summed E-state index contributed by atoms with van der Waals surface area (Å²) in [6.45, 7) is -0.267. The fraction of sp³-hybridized carbons (Fsp3) is 0.250. The standard InChI is InChI=1S/C4H5N2OS/c7-3-4-5-1-2-8-6-4/h1-2H,3H2,(H,5,6). The van der Waals surface area contributed by atoms with Gasteiger partial charge >= 0.3 is 0 Å². The lowest BCUT2D eigenvalue weighted by molar-refractivity contribution is 0.243. The maximum absolute atomic E-state index is 10.0. The minimum atomic E-state index is -0.267. The predicted octanol–water partition coefficient (Wildman–Crippen LogP) is 0.538. The fourth-order valence-electron chi connectivity index (χ4n) is 0.349. The Hall–Kier alpha value is -0.480. The van der Waals surface area contributed by atoms with E-state index in [9.17, 15) is 5.11 Å². The monoisotopic (exact) mass is 129 g/mol. The topological polar surface area (TPSA) is 44.3 Å². The molecule has 0 fully saturated rings. The van der Waals surface area contributed by atoms with Crippen LogP contribution >= 0.6 is 11.9 Å². The first kappa shape index (κ1) is 5.65. The zero-order valence-corrected chi connectivity index (χ0v) is 4.94. The summed E-state index contributed by atoms with van der Waals surface area (Å²) < 4.78 is 3.77. The first-order chi connectivity index (χ1) is 3.93. The summed E-state index contributed by atoms with van der Waals surface area (Å²) in [6.07, 6.45) is 1.70. The third-order valence-corrected chi connectivity index (χ3v) is 1.26. The van der Waals surface area contributed by atoms with Crippen molar-refractivity contribution < 1.29 is 5.11 Å². The van der Waals surface area contributed by atoms with E-state index in [-0.39, 0.29) is 6.61 Å². The van der Waals surface area contributed by atoms with Crippen LogP contribution < -0.4 is 5.32 Å². The first-order valence-electron chi connectivity index (χ1n) is 2.16. The largest absolute Gasteiger partial charge is 0.347 e. The lowest BCUT2D eigenvalue weighted by atomic mass is 10.6. The van der Waals surface area contributed by atoms with Gasteiger partial charge < -0.3 is 5.32 Å². The van der Waals surface area contributed by atoms with Gasteiger partial charge in [0.25, 0.3) is 0 Å². The highest BCUT2D eigenvalue weighted by Gasteiger charge is 1.95. The molecule has 1 aliphatic heterocycles. The number of nitrogens with zero attached hydrogens (tertiary/aromatic N) is 1. The molecule has 0 bridgehead atoms. The van der Waals surface area contributed by atoms with Gasteiger partial charge in [-0.25, -0.2) is 5.11 Å². The van der Waals surface area contributed by atoms with Crippen molar-refractivity contribution in [3.63, 3.8) is 0 Å². The van der Waals surface area contributed by atoms with Gasteiger partial charge in [-0.05, 0) is 0 Å². The van der Waals surface area contributed by atoms with Gasteiger partial charge in [-0.15, -0.1) is 0 Å². The summed E-state index contributed by atoms with van der Waals surface area (Å²) >= 11 is 1.27. The second-order valence-corrected chi connectivity index (χ2v) is 1.90. The van der Waals surface area contributed by atoms with Crippen LogP contribution in [0.15, 0.2) is 16.0 Å². The van der Waals surface area contributed by atoms with E-state index in [1.807, 2.05) is 0 Å². The van der Waals surface area contributed by atoms with Crippen LogP contribution in [0.1, 0.15) is 0 Å². The van der Waals surface area contributed by atoms with E-state index in [1.54, 1.807) is 11.6 Å². The van der Waals surface area contributed by atoms with Gasteiger partial charge in [-0.2, -0.15) is 4.40 Å². The molecule has 0 aromatic rings. The quantitative estimate of drug-likeness (QED) is 0.525. The van der Waals surface area contributed by atoms with Crippen molar-refractivity contribution in [1.82, 2.24) is 5.32 Å². The van der Waals surface area contributed by atoms with E-state index in [0.29, 0.717) is 5.84 Å². The van der Waals surface area contributed by atoms with E-state index in [1.165, 1.54) is 11.9 Å². The highest BCUT2D eigenvalue weighted by Crippen LogP contribution is 2.05. The molecule has 8 heavy (non-hydrogen) atoms. The molecule has 1 radical (unpaired) electrons. The van der Waals surface area contributed by atoms with Crippen molar-refractivity contribution >= 4 is 17.8 Å². The number of nitrogens with one attached hydrogen (secondary N) is 1. The Balaban J connectivity index is 2.43. The smallest absolute Gasteiger partial charge is 0.144 e. The van der Waals surface area contributed by atoms with Crippen LogP contribution in [-0.4, -0.2) is 12.4 Å². The molecule has 0 aromatic carbocycles. The summed E-state index contributed by atoms with van der Waals surface area (Å²) in [5.41, 5.74) is 0. The van der Waals surface area contributed by atoms with Crippen LogP contribution in [0.5, 0.6) is 0 Å².